The Kier molecular flexibility index (Phi) is 3.53. The van der Waals surface area contributed by atoms with E-state index in [-0.39, 0.29) is 11.4 Å². The SMILES string of the molecule is CC(C)c1cccc2c(/C=C3\C(=O)NNC3(C)C)cccc12. The Balaban J connectivity index is 2.21. The molecule has 1 heterocycles. The molecule has 22 heavy (non-hydrogen) atoms. The summed E-state index contributed by atoms with van der Waals surface area (Å²) in [6.45, 7) is 8.41. The molecule has 0 aromatic heterocycles. The van der Waals surface area contributed by atoms with Crippen molar-refractivity contribution in [2.24, 2.45) is 0 Å². The van der Waals surface area contributed by atoms with Gasteiger partial charge >= 0.3 is 0 Å². The predicted octanol–water partition coefficient (Wildman–Crippen LogP) is 3.76. The molecule has 2 N–H and O–H groups in total. The first-order valence-electron chi connectivity index (χ1n) is 7.71. The van der Waals surface area contributed by atoms with Gasteiger partial charge in [-0.15, -0.1) is 0 Å². The maximum Gasteiger partial charge on any atom is 0.263 e. The summed E-state index contributed by atoms with van der Waals surface area (Å²) >= 11 is 0. The molecule has 0 bridgehead atoms. The zero-order valence-electron chi connectivity index (χ0n) is 13.5. The summed E-state index contributed by atoms with van der Waals surface area (Å²) < 4.78 is 0. The summed E-state index contributed by atoms with van der Waals surface area (Å²) in [6, 6.07) is 12.7. The monoisotopic (exact) mass is 294 g/mol. The summed E-state index contributed by atoms with van der Waals surface area (Å²) in [5, 5.41) is 2.45. The van der Waals surface area contributed by atoms with Crippen molar-refractivity contribution >= 4 is 22.8 Å². The van der Waals surface area contributed by atoms with Crippen LogP contribution in [0.2, 0.25) is 0 Å². The topological polar surface area (TPSA) is 41.1 Å². The second-order valence-corrected chi connectivity index (χ2v) is 6.71. The Morgan fingerprint density at radius 3 is 2.36 bits per heavy atom. The van der Waals surface area contributed by atoms with Gasteiger partial charge in [-0.1, -0.05) is 50.2 Å². The molecule has 1 fully saturated rings. The van der Waals surface area contributed by atoms with Crippen LogP contribution >= 0.6 is 0 Å². The van der Waals surface area contributed by atoms with E-state index < -0.39 is 0 Å². The molecule has 1 amide bonds. The van der Waals surface area contributed by atoms with Crippen LogP contribution < -0.4 is 10.9 Å². The van der Waals surface area contributed by atoms with Crippen molar-refractivity contribution in [3.63, 3.8) is 0 Å². The number of carbonyl (C=O) groups excluding carboxylic acids is 1. The van der Waals surface area contributed by atoms with Gasteiger partial charge in [0.15, 0.2) is 0 Å². The van der Waals surface area contributed by atoms with Gasteiger partial charge in [-0.25, -0.2) is 5.43 Å². The summed E-state index contributed by atoms with van der Waals surface area (Å²) in [4.78, 5) is 12.1. The van der Waals surface area contributed by atoms with E-state index >= 15 is 0 Å². The van der Waals surface area contributed by atoms with E-state index in [2.05, 4.69) is 61.1 Å². The minimum absolute atomic E-state index is 0.0537. The number of benzene rings is 2. The van der Waals surface area contributed by atoms with Crippen molar-refractivity contribution in [3.05, 3.63) is 53.1 Å². The first-order chi connectivity index (χ1) is 10.4. The summed E-state index contributed by atoms with van der Waals surface area (Å²) in [7, 11) is 0. The van der Waals surface area contributed by atoms with Crippen LogP contribution in [0.1, 0.15) is 44.7 Å². The standard InChI is InChI=1S/C19H22N2O/c1-12(2)14-8-6-9-15-13(7-5-10-16(14)15)11-17-18(22)20-21-19(17,3)4/h5-12,21H,1-4H3,(H,20,22)/b17-11+. The van der Waals surface area contributed by atoms with Gasteiger partial charge in [0.1, 0.15) is 0 Å². The lowest BCUT2D eigenvalue weighted by Crippen LogP contribution is -2.38. The molecular weight excluding hydrogens is 272 g/mol. The van der Waals surface area contributed by atoms with Crippen LogP contribution in [-0.4, -0.2) is 11.4 Å². The van der Waals surface area contributed by atoms with Gasteiger partial charge < -0.3 is 0 Å². The van der Waals surface area contributed by atoms with Gasteiger partial charge in [-0.2, -0.15) is 0 Å². The average Bonchev–Trinajstić information content (AvgIpc) is 2.73. The number of amides is 1. The third-order valence-electron chi connectivity index (χ3n) is 4.32. The maximum atomic E-state index is 12.1. The molecule has 0 atom stereocenters. The van der Waals surface area contributed by atoms with Crippen molar-refractivity contribution < 1.29 is 4.79 Å². The molecule has 1 aliphatic rings. The molecule has 3 rings (SSSR count). The van der Waals surface area contributed by atoms with Crippen molar-refractivity contribution in [1.82, 2.24) is 10.9 Å². The van der Waals surface area contributed by atoms with E-state index in [0.717, 1.165) is 11.1 Å². The van der Waals surface area contributed by atoms with Gasteiger partial charge in [-0.05, 0) is 47.7 Å². The van der Waals surface area contributed by atoms with Crippen molar-refractivity contribution in [2.45, 2.75) is 39.2 Å². The number of rotatable bonds is 2. The lowest BCUT2D eigenvalue weighted by Gasteiger charge is -2.17. The van der Waals surface area contributed by atoms with Crippen molar-refractivity contribution in [3.8, 4) is 0 Å². The highest BCUT2D eigenvalue weighted by Crippen LogP contribution is 2.30. The number of hydrogen-bond donors (Lipinski definition) is 2. The Bertz CT molecular complexity index is 772. The van der Waals surface area contributed by atoms with E-state index in [4.69, 9.17) is 0 Å². The zero-order valence-corrected chi connectivity index (χ0v) is 13.5. The molecule has 3 nitrogen and oxygen atoms in total. The quantitative estimate of drug-likeness (QED) is 0.828. The fourth-order valence-corrected chi connectivity index (χ4v) is 3.02. The Hall–Kier alpha value is -2.13. The van der Waals surface area contributed by atoms with E-state index in [1.165, 1.54) is 16.3 Å². The molecule has 0 spiro atoms. The lowest BCUT2D eigenvalue weighted by atomic mass is 9.90. The largest absolute Gasteiger partial charge is 0.287 e. The van der Waals surface area contributed by atoms with Crippen LogP contribution in [-0.2, 0) is 4.79 Å². The number of nitrogens with one attached hydrogen (secondary N) is 2. The van der Waals surface area contributed by atoms with Gasteiger partial charge in [0.2, 0.25) is 0 Å². The van der Waals surface area contributed by atoms with Crippen LogP contribution in [0.15, 0.2) is 42.0 Å². The second kappa shape index (κ2) is 5.25. The Morgan fingerprint density at radius 2 is 1.73 bits per heavy atom. The van der Waals surface area contributed by atoms with Gasteiger partial charge in [0, 0.05) is 5.57 Å². The lowest BCUT2D eigenvalue weighted by molar-refractivity contribution is -0.116. The van der Waals surface area contributed by atoms with Gasteiger partial charge in [-0.3, -0.25) is 10.2 Å². The molecule has 2 aromatic rings. The summed E-state index contributed by atoms with van der Waals surface area (Å²) in [5.74, 6) is 0.418. The van der Waals surface area contributed by atoms with Crippen LogP contribution in [0.3, 0.4) is 0 Å². The van der Waals surface area contributed by atoms with Crippen LogP contribution in [0.25, 0.3) is 16.8 Å². The van der Waals surface area contributed by atoms with Crippen LogP contribution in [0, 0.1) is 0 Å². The molecule has 2 aromatic carbocycles. The molecule has 1 saturated heterocycles. The number of fused-ring (bicyclic) bond motifs is 1. The normalized spacial score (nSPS) is 19.1. The van der Waals surface area contributed by atoms with Crippen LogP contribution in [0.4, 0.5) is 0 Å². The van der Waals surface area contributed by atoms with Crippen molar-refractivity contribution in [1.29, 1.82) is 0 Å². The molecule has 0 saturated carbocycles. The molecule has 0 aliphatic carbocycles. The molecule has 0 unspecified atom stereocenters. The first kappa shape index (κ1) is 14.8. The Labute approximate surface area is 131 Å². The smallest absolute Gasteiger partial charge is 0.263 e. The highest BCUT2D eigenvalue weighted by molar-refractivity contribution is 6.04. The first-order valence-corrected chi connectivity index (χ1v) is 7.71. The molecule has 1 aliphatic heterocycles. The minimum Gasteiger partial charge on any atom is -0.287 e. The minimum atomic E-state index is -0.366. The Morgan fingerprint density at radius 1 is 1.05 bits per heavy atom. The third-order valence-corrected chi connectivity index (χ3v) is 4.32. The van der Waals surface area contributed by atoms with Gasteiger partial charge in [0.05, 0.1) is 5.54 Å². The summed E-state index contributed by atoms with van der Waals surface area (Å²) in [6.07, 6.45) is 2.00. The number of hydrazine groups is 1. The zero-order chi connectivity index (χ0) is 15.9. The van der Waals surface area contributed by atoms with E-state index in [0.29, 0.717) is 5.92 Å². The number of hydrogen-bond acceptors (Lipinski definition) is 2. The van der Waals surface area contributed by atoms with Crippen LogP contribution in [0.5, 0.6) is 0 Å². The third kappa shape index (κ3) is 2.42. The molecule has 3 heteroatoms. The second-order valence-electron chi connectivity index (χ2n) is 6.71. The molecule has 0 radical (unpaired) electrons. The number of carbonyl (C=O) groups is 1. The van der Waals surface area contributed by atoms with E-state index in [1.807, 2.05) is 19.9 Å². The van der Waals surface area contributed by atoms with E-state index in [9.17, 15) is 4.79 Å². The van der Waals surface area contributed by atoms with Gasteiger partial charge in [0.25, 0.3) is 5.91 Å². The fraction of sp³-hybridized carbons (Fsp3) is 0.316. The average molecular weight is 294 g/mol. The highest BCUT2D eigenvalue weighted by atomic mass is 16.2. The fourth-order valence-electron chi connectivity index (χ4n) is 3.02. The van der Waals surface area contributed by atoms with Crippen molar-refractivity contribution in [2.75, 3.05) is 0 Å². The molecule has 114 valence electrons. The highest BCUT2D eigenvalue weighted by Gasteiger charge is 2.34. The predicted molar refractivity (Wildman–Crippen MR) is 91.4 cm³/mol. The van der Waals surface area contributed by atoms with E-state index in [1.54, 1.807) is 0 Å². The molecular formula is C19H22N2O. The summed E-state index contributed by atoms with van der Waals surface area (Å²) in [5.41, 5.74) is 8.54. The maximum absolute atomic E-state index is 12.1.